The Balaban J connectivity index is 1.60. The molecule has 2 amide bonds. The minimum absolute atomic E-state index is 0.157. The Hall–Kier alpha value is -2.11. The second-order valence-electron chi connectivity index (χ2n) is 5.26. The van der Waals surface area contributed by atoms with Crippen molar-refractivity contribution in [3.63, 3.8) is 0 Å². The summed E-state index contributed by atoms with van der Waals surface area (Å²) in [6, 6.07) is 15.4. The third-order valence-corrected chi connectivity index (χ3v) is 4.68. The predicted octanol–water partition coefficient (Wildman–Crippen LogP) is 4.66. The molecule has 1 N–H and O–H groups in total. The first kappa shape index (κ1) is 15.8. The Kier molecular flexibility index (Phi) is 4.79. The number of amides is 2. The zero-order valence-electron chi connectivity index (χ0n) is 12.6. The number of hydrogen-bond donors (Lipinski definition) is 1. The number of fused-ring (bicyclic) bond motifs is 1. The van der Waals surface area contributed by atoms with Gasteiger partial charge >= 0.3 is 6.03 Å². The smallest absolute Gasteiger partial charge is 0.322 e. The lowest BCUT2D eigenvalue weighted by Crippen LogP contribution is -2.33. The molecule has 3 rings (SSSR count). The molecule has 0 aliphatic heterocycles. The summed E-state index contributed by atoms with van der Waals surface area (Å²) in [4.78, 5) is 13.9. The average Bonchev–Trinajstić information content (AvgIpc) is 2.97. The van der Waals surface area contributed by atoms with Crippen LogP contribution in [0.1, 0.15) is 5.56 Å². The number of anilines is 1. The van der Waals surface area contributed by atoms with Crippen LogP contribution in [0.4, 0.5) is 10.6 Å². The monoisotopic (exact) mass is 345 g/mol. The predicted molar refractivity (Wildman–Crippen MR) is 96.4 cm³/mol. The standard InChI is InChI=1S/C17H16ClN3OS/c1-21(11-10-12-6-8-13(18)9-7-12)17(22)19-16-14-4-2-3-5-15(14)23-20-16/h2-9H,10-11H2,1H3,(H,19,20,22). The highest BCUT2D eigenvalue weighted by Crippen LogP contribution is 2.26. The van der Waals surface area contributed by atoms with Crippen LogP contribution in [0.15, 0.2) is 48.5 Å². The Morgan fingerprint density at radius 2 is 1.96 bits per heavy atom. The Bertz CT molecular complexity index is 816. The molecule has 2 aromatic carbocycles. The molecule has 4 nitrogen and oxygen atoms in total. The molecule has 0 saturated carbocycles. The fourth-order valence-corrected chi connectivity index (χ4v) is 3.08. The third-order valence-electron chi connectivity index (χ3n) is 3.60. The highest BCUT2D eigenvalue weighted by Gasteiger charge is 2.12. The Morgan fingerprint density at radius 3 is 2.74 bits per heavy atom. The van der Waals surface area contributed by atoms with E-state index < -0.39 is 0 Å². The molecule has 1 heterocycles. The van der Waals surface area contributed by atoms with Crippen LogP contribution in [0.5, 0.6) is 0 Å². The van der Waals surface area contributed by atoms with Crippen molar-refractivity contribution in [3.8, 4) is 0 Å². The molecule has 0 radical (unpaired) electrons. The number of likely N-dealkylation sites (N-methyl/N-ethyl adjacent to an activating group) is 1. The first-order chi connectivity index (χ1) is 11.1. The first-order valence-corrected chi connectivity index (χ1v) is 8.39. The summed E-state index contributed by atoms with van der Waals surface area (Å²) >= 11 is 7.26. The van der Waals surface area contributed by atoms with Gasteiger partial charge in [-0.15, -0.1) is 0 Å². The molecule has 0 saturated heterocycles. The number of nitrogens with zero attached hydrogens (tertiary/aromatic N) is 2. The molecule has 0 spiro atoms. The highest BCUT2D eigenvalue weighted by atomic mass is 35.5. The summed E-state index contributed by atoms with van der Waals surface area (Å²) in [5.74, 6) is 0.619. The number of halogens is 1. The summed E-state index contributed by atoms with van der Waals surface area (Å²) in [5.41, 5.74) is 1.15. The molecule has 0 atom stereocenters. The van der Waals surface area contributed by atoms with Crippen molar-refractivity contribution in [1.29, 1.82) is 0 Å². The van der Waals surface area contributed by atoms with Crippen LogP contribution in [-0.2, 0) is 6.42 Å². The van der Waals surface area contributed by atoms with E-state index in [9.17, 15) is 4.79 Å². The van der Waals surface area contributed by atoms with Crippen molar-refractivity contribution in [1.82, 2.24) is 9.27 Å². The maximum atomic E-state index is 12.3. The zero-order valence-corrected chi connectivity index (χ0v) is 14.2. The highest BCUT2D eigenvalue weighted by molar-refractivity contribution is 7.13. The van der Waals surface area contributed by atoms with Crippen LogP contribution < -0.4 is 5.32 Å². The van der Waals surface area contributed by atoms with E-state index in [0.29, 0.717) is 12.4 Å². The van der Waals surface area contributed by atoms with Gasteiger partial charge in [-0.3, -0.25) is 5.32 Å². The lowest BCUT2D eigenvalue weighted by molar-refractivity contribution is 0.223. The van der Waals surface area contributed by atoms with Gasteiger partial charge in [0.25, 0.3) is 0 Å². The molecular weight excluding hydrogens is 330 g/mol. The lowest BCUT2D eigenvalue weighted by atomic mass is 10.1. The van der Waals surface area contributed by atoms with Gasteiger partial charge in [0, 0.05) is 24.0 Å². The van der Waals surface area contributed by atoms with Crippen molar-refractivity contribution in [2.24, 2.45) is 0 Å². The van der Waals surface area contributed by atoms with Gasteiger partial charge in [-0.2, -0.15) is 4.37 Å². The van der Waals surface area contributed by atoms with Crippen LogP contribution >= 0.6 is 23.1 Å². The molecule has 0 aliphatic rings. The van der Waals surface area contributed by atoms with Gasteiger partial charge in [0.2, 0.25) is 0 Å². The number of urea groups is 1. The normalized spacial score (nSPS) is 10.7. The minimum atomic E-state index is -0.157. The van der Waals surface area contributed by atoms with E-state index >= 15 is 0 Å². The Labute approximate surface area is 143 Å². The van der Waals surface area contributed by atoms with Crippen LogP contribution in [0.25, 0.3) is 10.1 Å². The topological polar surface area (TPSA) is 45.2 Å². The van der Waals surface area contributed by atoms with Gasteiger partial charge in [0.1, 0.15) is 0 Å². The molecule has 0 fully saturated rings. The summed E-state index contributed by atoms with van der Waals surface area (Å²) < 4.78 is 5.38. The number of benzene rings is 2. The number of carbonyl (C=O) groups is 1. The van der Waals surface area contributed by atoms with Gasteiger partial charge in [0.15, 0.2) is 5.82 Å². The summed E-state index contributed by atoms with van der Waals surface area (Å²) in [7, 11) is 1.78. The summed E-state index contributed by atoms with van der Waals surface area (Å²) in [5, 5.41) is 4.56. The number of nitrogens with one attached hydrogen (secondary N) is 1. The summed E-state index contributed by atoms with van der Waals surface area (Å²) in [6.07, 6.45) is 0.777. The van der Waals surface area contributed by atoms with Crippen LogP contribution in [0, 0.1) is 0 Å². The second kappa shape index (κ2) is 6.98. The van der Waals surface area contributed by atoms with E-state index in [-0.39, 0.29) is 6.03 Å². The van der Waals surface area contributed by atoms with Crippen LogP contribution in [0.3, 0.4) is 0 Å². The largest absolute Gasteiger partial charge is 0.327 e. The molecule has 0 bridgehead atoms. The van der Waals surface area contributed by atoms with E-state index in [1.54, 1.807) is 11.9 Å². The van der Waals surface area contributed by atoms with Crippen molar-refractivity contribution < 1.29 is 4.79 Å². The van der Waals surface area contributed by atoms with Crippen molar-refractivity contribution >= 4 is 45.1 Å². The summed E-state index contributed by atoms with van der Waals surface area (Å²) in [6.45, 7) is 0.621. The van der Waals surface area contributed by atoms with Crippen molar-refractivity contribution in [2.75, 3.05) is 18.9 Å². The van der Waals surface area contributed by atoms with Crippen LogP contribution in [-0.4, -0.2) is 28.9 Å². The lowest BCUT2D eigenvalue weighted by Gasteiger charge is -2.17. The van der Waals surface area contributed by atoms with Gasteiger partial charge in [-0.25, -0.2) is 4.79 Å². The molecule has 0 unspecified atom stereocenters. The van der Waals surface area contributed by atoms with E-state index in [1.807, 2.05) is 48.5 Å². The minimum Gasteiger partial charge on any atom is -0.327 e. The molecule has 118 valence electrons. The fourth-order valence-electron chi connectivity index (χ4n) is 2.22. The van der Waals surface area contributed by atoms with E-state index in [4.69, 9.17) is 11.6 Å². The number of hydrogen-bond acceptors (Lipinski definition) is 3. The number of carbonyl (C=O) groups excluding carboxylic acids is 1. The molecule has 3 aromatic rings. The van der Waals surface area contributed by atoms with Crippen molar-refractivity contribution in [3.05, 3.63) is 59.1 Å². The Morgan fingerprint density at radius 1 is 1.22 bits per heavy atom. The van der Waals surface area contributed by atoms with E-state index in [1.165, 1.54) is 11.5 Å². The van der Waals surface area contributed by atoms with E-state index in [0.717, 1.165) is 27.1 Å². The maximum absolute atomic E-state index is 12.3. The van der Waals surface area contributed by atoms with Gasteiger partial charge < -0.3 is 4.90 Å². The van der Waals surface area contributed by atoms with E-state index in [2.05, 4.69) is 9.69 Å². The zero-order chi connectivity index (χ0) is 16.2. The average molecular weight is 346 g/mol. The molecule has 23 heavy (non-hydrogen) atoms. The molecule has 6 heteroatoms. The number of rotatable bonds is 4. The quantitative estimate of drug-likeness (QED) is 0.747. The SMILES string of the molecule is CN(CCc1ccc(Cl)cc1)C(=O)Nc1nsc2ccccc12. The number of aromatic nitrogens is 1. The molecule has 0 aliphatic carbocycles. The maximum Gasteiger partial charge on any atom is 0.322 e. The molecule has 1 aromatic heterocycles. The van der Waals surface area contributed by atoms with Crippen LogP contribution in [0.2, 0.25) is 5.02 Å². The molecular formula is C17H16ClN3OS. The fraction of sp³-hybridized carbons (Fsp3) is 0.176. The third kappa shape index (κ3) is 3.81. The van der Waals surface area contributed by atoms with Crippen molar-refractivity contribution in [2.45, 2.75) is 6.42 Å². The van der Waals surface area contributed by atoms with Gasteiger partial charge in [-0.1, -0.05) is 35.9 Å². The first-order valence-electron chi connectivity index (χ1n) is 7.24. The van der Waals surface area contributed by atoms with Gasteiger partial charge in [-0.05, 0) is 47.8 Å². The van der Waals surface area contributed by atoms with Gasteiger partial charge in [0.05, 0.1) is 4.70 Å². The second-order valence-corrected chi connectivity index (χ2v) is 6.50.